The Morgan fingerprint density at radius 1 is 1.24 bits per heavy atom. The highest BCUT2D eigenvalue weighted by atomic mass is 35.5. The summed E-state index contributed by atoms with van der Waals surface area (Å²) in [4.78, 5) is 42.9. The Balaban J connectivity index is 1.27. The van der Waals surface area contributed by atoms with Crippen molar-refractivity contribution in [1.82, 2.24) is 14.7 Å². The monoisotopic (exact) mass is 477 g/mol. The van der Waals surface area contributed by atoms with E-state index in [1.807, 2.05) is 0 Å². The van der Waals surface area contributed by atoms with Crippen molar-refractivity contribution >= 4 is 35.4 Å². The number of rotatable bonds is 5. The quantitative estimate of drug-likeness (QED) is 0.660. The third-order valence-corrected chi connectivity index (χ3v) is 7.50. The van der Waals surface area contributed by atoms with Crippen molar-refractivity contribution in [2.24, 2.45) is 5.41 Å². The van der Waals surface area contributed by atoms with Gasteiger partial charge in [0.2, 0.25) is 17.7 Å². The summed E-state index contributed by atoms with van der Waals surface area (Å²) in [5.41, 5.74) is 0.629. The lowest BCUT2D eigenvalue weighted by molar-refractivity contribution is -0.149. The average molecular weight is 478 g/mol. The van der Waals surface area contributed by atoms with Gasteiger partial charge in [-0.2, -0.15) is 0 Å². The molecule has 1 aromatic rings. The fraction of sp³-hybridized carbons (Fsp3) is 0.542. The predicted octanol–water partition coefficient (Wildman–Crippen LogP) is 2.32. The van der Waals surface area contributed by atoms with Crippen LogP contribution in [0.5, 0.6) is 0 Å². The number of carbonyl (C=O) groups excluding carboxylic acids is 3. The zero-order valence-corrected chi connectivity index (χ0v) is 19.4. The number of hydrogen-bond donors (Lipinski definition) is 1. The number of likely N-dealkylation sites (tertiary alicyclic amines) is 1. The van der Waals surface area contributed by atoms with Crippen molar-refractivity contribution in [1.29, 1.82) is 0 Å². The van der Waals surface area contributed by atoms with Gasteiger partial charge < -0.3 is 19.8 Å². The SMILES string of the molecule is CC1C(=O)N(CCC(=O)N2CCC3(CC3)C(O)C2)CCN1C(=O)/C=C/c1ccc(F)c(Cl)c1. The fourth-order valence-electron chi connectivity index (χ4n) is 4.71. The Morgan fingerprint density at radius 3 is 2.67 bits per heavy atom. The van der Waals surface area contributed by atoms with Gasteiger partial charge in [-0.05, 0) is 55.4 Å². The van der Waals surface area contributed by atoms with Crippen LogP contribution in [0.25, 0.3) is 6.08 Å². The molecule has 3 aliphatic rings. The maximum Gasteiger partial charge on any atom is 0.247 e. The minimum atomic E-state index is -0.644. The third kappa shape index (κ3) is 5.06. The smallest absolute Gasteiger partial charge is 0.247 e. The van der Waals surface area contributed by atoms with Gasteiger partial charge in [-0.3, -0.25) is 14.4 Å². The number of nitrogens with zero attached hydrogens (tertiary/aromatic N) is 3. The van der Waals surface area contributed by atoms with Gasteiger partial charge in [0.05, 0.1) is 11.1 Å². The maximum absolute atomic E-state index is 13.3. The van der Waals surface area contributed by atoms with Crippen molar-refractivity contribution in [3.05, 3.63) is 40.7 Å². The van der Waals surface area contributed by atoms with E-state index in [1.54, 1.807) is 16.7 Å². The summed E-state index contributed by atoms with van der Waals surface area (Å²) in [6.45, 7) is 3.72. The lowest BCUT2D eigenvalue weighted by Crippen LogP contribution is -2.57. The first-order chi connectivity index (χ1) is 15.7. The van der Waals surface area contributed by atoms with Crippen LogP contribution in [0.4, 0.5) is 4.39 Å². The largest absolute Gasteiger partial charge is 0.391 e. The summed E-state index contributed by atoms with van der Waals surface area (Å²) in [6.07, 6.45) is 5.56. The summed E-state index contributed by atoms with van der Waals surface area (Å²) in [7, 11) is 0. The van der Waals surface area contributed by atoms with E-state index in [2.05, 4.69) is 0 Å². The molecule has 1 aliphatic carbocycles. The Labute approximate surface area is 197 Å². The predicted molar refractivity (Wildman–Crippen MR) is 122 cm³/mol. The van der Waals surface area contributed by atoms with E-state index in [0.29, 0.717) is 38.3 Å². The number of aliphatic hydroxyl groups is 1. The van der Waals surface area contributed by atoms with Gasteiger partial charge >= 0.3 is 0 Å². The van der Waals surface area contributed by atoms with Crippen LogP contribution in [0.1, 0.15) is 38.2 Å². The van der Waals surface area contributed by atoms with Crippen LogP contribution in [-0.4, -0.2) is 82.4 Å². The summed E-state index contributed by atoms with van der Waals surface area (Å²) < 4.78 is 13.3. The summed E-state index contributed by atoms with van der Waals surface area (Å²) in [6, 6.07) is 3.53. The van der Waals surface area contributed by atoms with E-state index < -0.39 is 18.0 Å². The van der Waals surface area contributed by atoms with Crippen molar-refractivity contribution in [2.45, 2.75) is 44.8 Å². The van der Waals surface area contributed by atoms with Gasteiger partial charge in [-0.15, -0.1) is 0 Å². The van der Waals surface area contributed by atoms with Crippen molar-refractivity contribution < 1.29 is 23.9 Å². The van der Waals surface area contributed by atoms with Crippen molar-refractivity contribution in [3.63, 3.8) is 0 Å². The number of piperazine rings is 1. The Kier molecular flexibility index (Phi) is 6.77. The molecule has 1 saturated carbocycles. The second kappa shape index (κ2) is 9.43. The first-order valence-corrected chi connectivity index (χ1v) is 11.8. The number of hydrogen-bond acceptors (Lipinski definition) is 4. The van der Waals surface area contributed by atoms with Gasteiger partial charge in [0, 0.05) is 45.2 Å². The van der Waals surface area contributed by atoms with E-state index in [0.717, 1.165) is 19.3 Å². The van der Waals surface area contributed by atoms with Crippen LogP contribution in [0.2, 0.25) is 5.02 Å². The number of benzene rings is 1. The van der Waals surface area contributed by atoms with E-state index in [1.165, 1.54) is 35.3 Å². The maximum atomic E-state index is 13.3. The average Bonchev–Trinajstić information content (AvgIpc) is 3.58. The highest BCUT2D eigenvalue weighted by Gasteiger charge is 2.51. The molecule has 2 saturated heterocycles. The van der Waals surface area contributed by atoms with Gasteiger partial charge in [-0.1, -0.05) is 17.7 Å². The topological polar surface area (TPSA) is 81.2 Å². The highest BCUT2D eigenvalue weighted by Crippen LogP contribution is 2.53. The first kappa shape index (κ1) is 23.7. The molecule has 3 amide bonds. The number of aliphatic hydroxyl groups excluding tert-OH is 1. The zero-order chi connectivity index (χ0) is 23.8. The molecule has 0 radical (unpaired) electrons. The molecule has 4 rings (SSSR count). The summed E-state index contributed by atoms with van der Waals surface area (Å²) in [5, 5.41) is 10.3. The molecule has 2 heterocycles. The number of halogens is 2. The Hall–Kier alpha value is -2.45. The summed E-state index contributed by atoms with van der Waals surface area (Å²) >= 11 is 5.77. The van der Waals surface area contributed by atoms with Crippen LogP contribution < -0.4 is 0 Å². The molecule has 33 heavy (non-hydrogen) atoms. The molecular formula is C24H29ClFN3O4. The van der Waals surface area contributed by atoms with Crippen LogP contribution in [0.3, 0.4) is 0 Å². The molecule has 1 spiro atoms. The molecule has 9 heteroatoms. The molecule has 0 bridgehead atoms. The minimum Gasteiger partial charge on any atom is -0.391 e. The molecule has 1 N–H and O–H groups in total. The van der Waals surface area contributed by atoms with Crippen LogP contribution in [0.15, 0.2) is 24.3 Å². The summed E-state index contributed by atoms with van der Waals surface area (Å²) in [5.74, 6) is -1.10. The molecule has 1 aromatic carbocycles. The number of piperidine rings is 1. The highest BCUT2D eigenvalue weighted by molar-refractivity contribution is 6.30. The minimum absolute atomic E-state index is 0.0255. The number of β-amino-alcohol motifs (C(OH)–C–C–N with tert-alkyl or cyclic N) is 1. The van der Waals surface area contributed by atoms with Gasteiger partial charge in [0.25, 0.3) is 0 Å². The molecular weight excluding hydrogens is 449 g/mol. The second-order valence-corrected chi connectivity index (χ2v) is 9.66. The van der Waals surface area contributed by atoms with E-state index in [4.69, 9.17) is 11.6 Å². The Bertz CT molecular complexity index is 980. The molecule has 178 valence electrons. The second-order valence-electron chi connectivity index (χ2n) is 9.26. The number of amides is 3. The van der Waals surface area contributed by atoms with Gasteiger partial charge in [0.1, 0.15) is 11.9 Å². The Morgan fingerprint density at radius 2 is 2.00 bits per heavy atom. The number of carbonyl (C=O) groups is 3. The van der Waals surface area contributed by atoms with Crippen molar-refractivity contribution in [2.75, 3.05) is 32.7 Å². The molecule has 0 aromatic heterocycles. The molecule has 2 atom stereocenters. The van der Waals surface area contributed by atoms with Crippen molar-refractivity contribution in [3.8, 4) is 0 Å². The van der Waals surface area contributed by atoms with E-state index >= 15 is 0 Å². The van der Waals surface area contributed by atoms with Crippen LogP contribution in [0, 0.1) is 11.2 Å². The fourth-order valence-corrected chi connectivity index (χ4v) is 4.90. The zero-order valence-electron chi connectivity index (χ0n) is 18.7. The first-order valence-electron chi connectivity index (χ1n) is 11.4. The lowest BCUT2D eigenvalue weighted by Gasteiger charge is -2.39. The molecule has 2 aliphatic heterocycles. The molecule has 3 fully saturated rings. The third-order valence-electron chi connectivity index (χ3n) is 7.21. The van der Waals surface area contributed by atoms with E-state index in [9.17, 15) is 23.9 Å². The van der Waals surface area contributed by atoms with Gasteiger partial charge in [0.15, 0.2) is 0 Å². The molecule has 7 nitrogen and oxygen atoms in total. The normalized spacial score (nSPS) is 24.6. The van der Waals surface area contributed by atoms with Gasteiger partial charge in [-0.25, -0.2) is 4.39 Å². The van der Waals surface area contributed by atoms with Crippen LogP contribution >= 0.6 is 11.6 Å². The van der Waals surface area contributed by atoms with E-state index in [-0.39, 0.29) is 34.6 Å². The lowest BCUT2D eigenvalue weighted by atomic mass is 9.90. The standard InChI is InChI=1S/C24H29ClFN3O4/c1-16-23(33)27(10-6-21(31)28-11-9-24(7-8-24)20(30)15-28)12-13-29(16)22(32)5-3-17-2-4-19(26)18(25)14-17/h2-5,14,16,20,30H,6-13,15H2,1H3/b5-3+. The molecule has 2 unspecified atom stereocenters. The van der Waals surface area contributed by atoms with Crippen LogP contribution in [-0.2, 0) is 14.4 Å².